The first-order valence-corrected chi connectivity index (χ1v) is 12.7. The fourth-order valence-corrected chi connectivity index (χ4v) is 5.38. The highest BCUT2D eigenvalue weighted by Gasteiger charge is 2.33. The van der Waals surface area contributed by atoms with Crippen LogP contribution in [0, 0.1) is 6.92 Å². The van der Waals surface area contributed by atoms with Gasteiger partial charge < -0.3 is 4.74 Å². The van der Waals surface area contributed by atoms with Gasteiger partial charge in [-0.2, -0.15) is 0 Å². The summed E-state index contributed by atoms with van der Waals surface area (Å²) in [5, 5.41) is 9.84. The summed E-state index contributed by atoms with van der Waals surface area (Å²) >= 11 is 6.36. The molecule has 0 atom stereocenters. The van der Waals surface area contributed by atoms with Crippen LogP contribution in [0.4, 0.5) is 4.79 Å². The maximum absolute atomic E-state index is 13.0. The number of aromatic nitrogens is 4. The van der Waals surface area contributed by atoms with Crippen LogP contribution in [0.25, 0.3) is 5.69 Å². The van der Waals surface area contributed by atoms with E-state index in [1.165, 1.54) is 5.69 Å². The quantitative estimate of drug-likeness (QED) is 0.418. The van der Waals surface area contributed by atoms with Crippen molar-refractivity contribution in [3.05, 3.63) is 70.0 Å². The van der Waals surface area contributed by atoms with Crippen molar-refractivity contribution in [2.24, 2.45) is 0 Å². The van der Waals surface area contributed by atoms with Crippen LogP contribution >= 0.6 is 11.6 Å². The van der Waals surface area contributed by atoms with Crippen LogP contribution in [-0.2, 0) is 17.8 Å². The summed E-state index contributed by atoms with van der Waals surface area (Å²) in [6, 6.07) is 12.1. The molecule has 0 N–H and O–H groups in total. The fraction of sp³-hybridized carbons (Fsp3) is 0.481. The Hall–Kier alpha value is -2.93. The summed E-state index contributed by atoms with van der Waals surface area (Å²) in [6.45, 7) is 8.39. The zero-order chi connectivity index (χ0) is 24.7. The Labute approximate surface area is 211 Å². The van der Waals surface area contributed by atoms with Crippen LogP contribution in [0.15, 0.2) is 36.4 Å². The lowest BCUT2D eigenvalue weighted by Crippen LogP contribution is -2.35. The van der Waals surface area contributed by atoms with Crippen molar-refractivity contribution in [2.45, 2.75) is 83.9 Å². The molecule has 35 heavy (non-hydrogen) atoms. The highest BCUT2D eigenvalue weighted by atomic mass is 35.5. The Balaban J connectivity index is 1.44. The molecule has 1 aliphatic heterocycles. The van der Waals surface area contributed by atoms with Crippen molar-refractivity contribution in [1.82, 2.24) is 24.6 Å². The molecule has 0 saturated heterocycles. The van der Waals surface area contributed by atoms with Gasteiger partial charge in [0.25, 0.3) is 0 Å². The topological polar surface area (TPSA) is 73.1 Å². The Bertz CT molecular complexity index is 1240. The van der Waals surface area contributed by atoms with E-state index in [1.807, 2.05) is 52.0 Å². The summed E-state index contributed by atoms with van der Waals surface area (Å²) in [6.07, 6.45) is 3.82. The molecule has 0 unspecified atom stereocenters. The number of carbonyl (C=O) groups is 1. The first-order valence-electron chi connectivity index (χ1n) is 12.3. The van der Waals surface area contributed by atoms with E-state index in [2.05, 4.69) is 26.9 Å². The van der Waals surface area contributed by atoms with Crippen molar-refractivity contribution in [1.29, 1.82) is 0 Å². The number of amides is 1. The molecule has 7 nitrogen and oxygen atoms in total. The molecule has 0 radical (unpaired) electrons. The van der Waals surface area contributed by atoms with Crippen LogP contribution in [0.1, 0.15) is 86.9 Å². The van der Waals surface area contributed by atoms with Gasteiger partial charge in [0, 0.05) is 28.2 Å². The first kappa shape index (κ1) is 23.8. The van der Waals surface area contributed by atoms with Gasteiger partial charge in [-0.25, -0.2) is 4.79 Å². The third-order valence-corrected chi connectivity index (χ3v) is 7.04. The Morgan fingerprint density at radius 1 is 1.03 bits per heavy atom. The number of ether oxygens (including phenoxy) is 1. The van der Waals surface area contributed by atoms with E-state index in [1.54, 1.807) is 4.90 Å². The number of halogens is 1. The van der Waals surface area contributed by atoms with Crippen molar-refractivity contribution < 1.29 is 9.53 Å². The van der Waals surface area contributed by atoms with Gasteiger partial charge in [0.05, 0.1) is 18.8 Å². The number of pyridine rings is 1. The van der Waals surface area contributed by atoms with E-state index in [9.17, 15) is 4.79 Å². The number of aryl methyl sites for hydroxylation is 1. The molecule has 0 bridgehead atoms. The number of rotatable bonds is 2. The van der Waals surface area contributed by atoms with E-state index in [-0.39, 0.29) is 6.09 Å². The Morgan fingerprint density at radius 2 is 1.77 bits per heavy atom. The number of benzene rings is 1. The van der Waals surface area contributed by atoms with Gasteiger partial charge in [-0.1, -0.05) is 17.7 Å². The fourth-order valence-electron chi connectivity index (χ4n) is 5.19. The molecular weight excluding hydrogens is 462 g/mol. The molecule has 0 spiro atoms. The molecule has 184 valence electrons. The average molecular weight is 494 g/mol. The Kier molecular flexibility index (Phi) is 6.30. The van der Waals surface area contributed by atoms with Crippen LogP contribution < -0.4 is 0 Å². The van der Waals surface area contributed by atoms with E-state index in [4.69, 9.17) is 21.3 Å². The Morgan fingerprint density at radius 3 is 2.49 bits per heavy atom. The minimum atomic E-state index is -0.579. The average Bonchev–Trinajstić information content (AvgIpc) is 3.13. The molecule has 1 amide bonds. The predicted octanol–water partition coefficient (Wildman–Crippen LogP) is 6.32. The molecule has 5 rings (SSSR count). The molecule has 1 fully saturated rings. The van der Waals surface area contributed by atoms with Gasteiger partial charge >= 0.3 is 6.09 Å². The number of hydrogen-bond acceptors (Lipinski definition) is 5. The SMILES string of the molecule is Cc1cccc(C2CCC(c3nnc4n3-c3ccc(Cl)cc3CN(C(=O)OC(C)(C)C)C4)CC2)n1. The van der Waals surface area contributed by atoms with Crippen molar-refractivity contribution in [3.63, 3.8) is 0 Å². The molecule has 3 aromatic rings. The smallest absolute Gasteiger partial charge is 0.411 e. The summed E-state index contributed by atoms with van der Waals surface area (Å²) in [5.41, 5.74) is 3.62. The summed E-state index contributed by atoms with van der Waals surface area (Å²) in [7, 11) is 0. The second-order valence-electron chi connectivity index (χ2n) is 10.7. The minimum absolute atomic E-state index is 0.300. The second-order valence-corrected chi connectivity index (χ2v) is 11.1. The second kappa shape index (κ2) is 9.26. The highest BCUT2D eigenvalue weighted by molar-refractivity contribution is 6.30. The molecule has 1 aliphatic carbocycles. The molecule has 2 aromatic heterocycles. The summed E-state index contributed by atoms with van der Waals surface area (Å²) in [5.74, 6) is 2.49. The lowest BCUT2D eigenvalue weighted by Gasteiger charge is -2.28. The minimum Gasteiger partial charge on any atom is -0.444 e. The summed E-state index contributed by atoms with van der Waals surface area (Å²) in [4.78, 5) is 19.4. The third kappa shape index (κ3) is 5.06. The maximum Gasteiger partial charge on any atom is 0.411 e. The number of hydrogen-bond donors (Lipinski definition) is 0. The van der Waals surface area contributed by atoms with Gasteiger partial charge in [-0.3, -0.25) is 14.5 Å². The molecule has 1 saturated carbocycles. The van der Waals surface area contributed by atoms with E-state index in [0.717, 1.165) is 54.3 Å². The maximum atomic E-state index is 13.0. The highest BCUT2D eigenvalue weighted by Crippen LogP contribution is 2.41. The van der Waals surface area contributed by atoms with Gasteiger partial charge in [0.2, 0.25) is 0 Å². The van der Waals surface area contributed by atoms with Crippen molar-refractivity contribution in [2.75, 3.05) is 0 Å². The normalized spacial score (nSPS) is 20.1. The van der Waals surface area contributed by atoms with E-state index < -0.39 is 5.60 Å². The van der Waals surface area contributed by atoms with Crippen molar-refractivity contribution >= 4 is 17.7 Å². The standard InChI is InChI=1S/C27H32ClN5O2/c1-17-6-5-7-22(29-17)18-8-10-19(11-9-18)25-31-30-24-16-32(26(34)35-27(2,3)4)15-20-14-21(28)12-13-23(20)33(24)25/h5-7,12-14,18-19H,8-11,15-16H2,1-4H3. The van der Waals surface area contributed by atoms with Gasteiger partial charge in [0.15, 0.2) is 5.82 Å². The molecular formula is C27H32ClN5O2. The molecule has 3 heterocycles. The zero-order valence-electron chi connectivity index (χ0n) is 20.8. The van der Waals surface area contributed by atoms with Gasteiger partial charge in [0.1, 0.15) is 11.4 Å². The lowest BCUT2D eigenvalue weighted by atomic mass is 9.80. The van der Waals surface area contributed by atoms with Gasteiger partial charge in [-0.15, -0.1) is 10.2 Å². The monoisotopic (exact) mass is 493 g/mol. The largest absolute Gasteiger partial charge is 0.444 e. The molecule has 8 heteroatoms. The third-order valence-electron chi connectivity index (χ3n) is 6.80. The van der Waals surface area contributed by atoms with Gasteiger partial charge in [-0.05, 0) is 89.3 Å². The zero-order valence-corrected chi connectivity index (χ0v) is 21.5. The lowest BCUT2D eigenvalue weighted by molar-refractivity contribution is 0.0214. The number of fused-ring (bicyclic) bond motifs is 3. The van der Waals surface area contributed by atoms with Crippen LogP contribution in [0.5, 0.6) is 0 Å². The number of nitrogens with zero attached hydrogens (tertiary/aromatic N) is 5. The van der Waals surface area contributed by atoms with Crippen molar-refractivity contribution in [3.8, 4) is 5.69 Å². The number of carbonyl (C=O) groups excluding carboxylic acids is 1. The molecule has 2 aliphatic rings. The van der Waals surface area contributed by atoms with E-state index in [0.29, 0.717) is 29.9 Å². The summed E-state index contributed by atoms with van der Waals surface area (Å²) < 4.78 is 7.81. The first-order chi connectivity index (χ1) is 16.7. The van der Waals surface area contributed by atoms with Crippen LogP contribution in [0.3, 0.4) is 0 Å². The predicted molar refractivity (Wildman–Crippen MR) is 135 cm³/mol. The molecule has 1 aromatic carbocycles. The van der Waals surface area contributed by atoms with Crippen LogP contribution in [-0.4, -0.2) is 36.3 Å². The van der Waals surface area contributed by atoms with E-state index >= 15 is 0 Å². The van der Waals surface area contributed by atoms with Crippen LogP contribution in [0.2, 0.25) is 5.02 Å².